The van der Waals surface area contributed by atoms with Crippen molar-refractivity contribution in [2.45, 2.75) is 6.54 Å². The van der Waals surface area contributed by atoms with Gasteiger partial charge in [-0.2, -0.15) is 0 Å². The molecule has 0 saturated heterocycles. The molecule has 108 valence electrons. The Morgan fingerprint density at radius 2 is 1.90 bits per heavy atom. The van der Waals surface area contributed by atoms with Crippen LogP contribution in [0.3, 0.4) is 0 Å². The highest BCUT2D eigenvalue weighted by atomic mass is 35.5. The van der Waals surface area contributed by atoms with E-state index in [4.69, 9.17) is 23.2 Å². The number of hydrogen-bond donors (Lipinski definition) is 0. The zero-order valence-corrected chi connectivity index (χ0v) is 13.5. The fraction of sp³-hybridized carbons (Fsp3) is 0.200. The van der Waals surface area contributed by atoms with E-state index in [-0.39, 0.29) is 0 Å². The summed E-state index contributed by atoms with van der Waals surface area (Å²) in [6.07, 6.45) is 3.47. The molecule has 0 atom stereocenters. The van der Waals surface area contributed by atoms with Gasteiger partial charge in [0.1, 0.15) is 0 Å². The van der Waals surface area contributed by atoms with E-state index in [9.17, 15) is 0 Å². The quantitative estimate of drug-likeness (QED) is 0.825. The third-order valence-electron chi connectivity index (χ3n) is 3.04. The molecule has 0 fully saturated rings. The molecule has 21 heavy (non-hydrogen) atoms. The van der Waals surface area contributed by atoms with E-state index in [1.165, 1.54) is 0 Å². The topological polar surface area (TPSA) is 28.5 Å². The predicted molar refractivity (Wildman–Crippen MR) is 91.6 cm³/mol. The van der Waals surface area contributed by atoms with Crippen molar-refractivity contribution in [3.05, 3.63) is 58.3 Å². The number of aromatic nitrogens is 1. The number of pyridine rings is 1. The second-order valence-corrected chi connectivity index (χ2v) is 6.52. The summed E-state index contributed by atoms with van der Waals surface area (Å²) in [7, 11) is 0. The first-order chi connectivity index (χ1) is 10.2. The Hall–Kier alpha value is -1.23. The molecule has 0 N–H and O–H groups in total. The minimum atomic E-state index is 0.643. The highest BCUT2D eigenvalue weighted by Gasteiger charge is 2.18. The average Bonchev–Trinajstić information content (AvgIpc) is 3.00. The van der Waals surface area contributed by atoms with Gasteiger partial charge in [-0.15, -0.1) is 0 Å². The first kappa shape index (κ1) is 14.7. The normalized spacial score (nSPS) is 14.1. The highest BCUT2D eigenvalue weighted by molar-refractivity contribution is 8.14. The lowest BCUT2D eigenvalue weighted by atomic mass is 10.2. The zero-order valence-electron chi connectivity index (χ0n) is 11.2. The standard InChI is InChI=1S/C15H13Cl2N3S/c16-12-1-3-14(4-2-12)20(15-19-5-6-21-15)10-11-7-13(17)9-18-8-11/h1-4,7-9H,5-6,10H2. The second-order valence-electron chi connectivity index (χ2n) is 4.59. The number of hydrogen-bond acceptors (Lipinski definition) is 4. The van der Waals surface area contributed by atoms with Crippen molar-refractivity contribution in [3.63, 3.8) is 0 Å². The molecular weight excluding hydrogens is 325 g/mol. The Kier molecular flexibility index (Phi) is 4.68. The lowest BCUT2D eigenvalue weighted by Gasteiger charge is -2.24. The van der Waals surface area contributed by atoms with Gasteiger partial charge in [-0.25, -0.2) is 0 Å². The second kappa shape index (κ2) is 6.69. The van der Waals surface area contributed by atoms with Gasteiger partial charge in [0.25, 0.3) is 0 Å². The van der Waals surface area contributed by atoms with Crippen LogP contribution in [-0.2, 0) is 6.54 Å². The number of rotatable bonds is 3. The number of nitrogens with zero attached hydrogens (tertiary/aromatic N) is 3. The van der Waals surface area contributed by atoms with Crippen LogP contribution in [0.5, 0.6) is 0 Å². The molecular formula is C15H13Cl2N3S. The van der Waals surface area contributed by atoms with E-state index in [2.05, 4.69) is 14.9 Å². The molecule has 0 radical (unpaired) electrons. The molecule has 0 amide bonds. The summed E-state index contributed by atoms with van der Waals surface area (Å²) in [5.74, 6) is 1.02. The summed E-state index contributed by atoms with van der Waals surface area (Å²) in [5, 5.41) is 2.39. The zero-order chi connectivity index (χ0) is 14.7. The first-order valence-corrected chi connectivity index (χ1v) is 8.26. The maximum absolute atomic E-state index is 6.02. The van der Waals surface area contributed by atoms with Gasteiger partial charge in [0, 0.05) is 28.9 Å². The summed E-state index contributed by atoms with van der Waals surface area (Å²) in [5.41, 5.74) is 2.11. The van der Waals surface area contributed by atoms with Crippen LogP contribution in [0, 0.1) is 0 Å². The van der Waals surface area contributed by atoms with E-state index in [1.54, 1.807) is 18.0 Å². The minimum absolute atomic E-state index is 0.643. The Bertz CT molecular complexity index is 658. The van der Waals surface area contributed by atoms with Gasteiger partial charge >= 0.3 is 0 Å². The first-order valence-electron chi connectivity index (χ1n) is 6.52. The molecule has 3 rings (SSSR count). The van der Waals surface area contributed by atoms with E-state index in [1.807, 2.05) is 36.5 Å². The summed E-state index contributed by atoms with van der Waals surface area (Å²) < 4.78 is 0. The molecule has 1 aliphatic rings. The third-order valence-corrected chi connectivity index (χ3v) is 4.49. The van der Waals surface area contributed by atoms with E-state index < -0.39 is 0 Å². The Balaban J connectivity index is 1.91. The molecule has 0 aliphatic carbocycles. The van der Waals surface area contributed by atoms with Crippen LogP contribution in [0.1, 0.15) is 5.56 Å². The van der Waals surface area contributed by atoms with Gasteiger partial charge in [-0.05, 0) is 35.9 Å². The van der Waals surface area contributed by atoms with Crippen molar-refractivity contribution in [2.75, 3.05) is 17.2 Å². The number of anilines is 1. The number of amidine groups is 1. The van der Waals surface area contributed by atoms with Crippen LogP contribution >= 0.6 is 35.0 Å². The lowest BCUT2D eigenvalue weighted by molar-refractivity contribution is 0.994. The molecule has 1 aliphatic heterocycles. The Morgan fingerprint density at radius 1 is 1.10 bits per heavy atom. The Morgan fingerprint density at radius 3 is 2.57 bits per heavy atom. The van der Waals surface area contributed by atoms with Crippen LogP contribution in [0.15, 0.2) is 47.7 Å². The summed E-state index contributed by atoms with van der Waals surface area (Å²) in [4.78, 5) is 10.9. The predicted octanol–water partition coefficient (Wildman–Crippen LogP) is 4.50. The van der Waals surface area contributed by atoms with Gasteiger partial charge in [0.2, 0.25) is 0 Å². The van der Waals surface area contributed by atoms with E-state index >= 15 is 0 Å². The van der Waals surface area contributed by atoms with Crippen LogP contribution < -0.4 is 4.90 Å². The van der Waals surface area contributed by atoms with Crippen LogP contribution in [0.4, 0.5) is 5.69 Å². The number of benzene rings is 1. The van der Waals surface area contributed by atoms with Crippen molar-refractivity contribution >= 4 is 45.8 Å². The summed E-state index contributed by atoms with van der Waals surface area (Å²) >= 11 is 13.8. The SMILES string of the molecule is Clc1ccc(N(Cc2cncc(Cl)c2)C2=NCCS2)cc1. The number of thioether (sulfide) groups is 1. The molecule has 0 unspecified atom stereocenters. The van der Waals surface area contributed by atoms with E-state index in [0.717, 1.165) is 33.7 Å². The monoisotopic (exact) mass is 337 g/mol. The molecule has 0 saturated carbocycles. The maximum atomic E-state index is 6.02. The van der Waals surface area contributed by atoms with Gasteiger partial charge in [0.05, 0.1) is 18.1 Å². The van der Waals surface area contributed by atoms with Crippen molar-refractivity contribution in [1.29, 1.82) is 0 Å². The van der Waals surface area contributed by atoms with Crippen molar-refractivity contribution in [2.24, 2.45) is 4.99 Å². The fourth-order valence-corrected chi connectivity index (χ4v) is 3.30. The van der Waals surface area contributed by atoms with Crippen molar-refractivity contribution in [1.82, 2.24) is 4.98 Å². The third kappa shape index (κ3) is 3.70. The number of aliphatic imine (C=N–C) groups is 1. The molecule has 3 nitrogen and oxygen atoms in total. The molecule has 0 bridgehead atoms. The molecule has 0 spiro atoms. The summed E-state index contributed by atoms with van der Waals surface area (Å²) in [6.45, 7) is 1.54. The minimum Gasteiger partial charge on any atom is -0.317 e. The lowest BCUT2D eigenvalue weighted by Crippen LogP contribution is -2.27. The van der Waals surface area contributed by atoms with Crippen LogP contribution in [0.2, 0.25) is 10.0 Å². The van der Waals surface area contributed by atoms with Crippen molar-refractivity contribution in [3.8, 4) is 0 Å². The highest BCUT2D eigenvalue weighted by Crippen LogP contribution is 2.26. The van der Waals surface area contributed by atoms with Gasteiger partial charge in [-0.1, -0.05) is 35.0 Å². The molecule has 6 heteroatoms. The van der Waals surface area contributed by atoms with Gasteiger partial charge in [-0.3, -0.25) is 9.98 Å². The largest absolute Gasteiger partial charge is 0.317 e. The molecule has 1 aromatic heterocycles. The van der Waals surface area contributed by atoms with Crippen molar-refractivity contribution < 1.29 is 0 Å². The average molecular weight is 338 g/mol. The van der Waals surface area contributed by atoms with Gasteiger partial charge in [0.15, 0.2) is 5.17 Å². The van der Waals surface area contributed by atoms with Crippen LogP contribution in [0.25, 0.3) is 0 Å². The fourth-order valence-electron chi connectivity index (χ4n) is 2.10. The molecule has 2 heterocycles. The van der Waals surface area contributed by atoms with Gasteiger partial charge < -0.3 is 4.90 Å². The molecule has 1 aromatic carbocycles. The summed E-state index contributed by atoms with van der Waals surface area (Å²) in [6, 6.07) is 9.71. The Labute approximate surface area is 138 Å². The maximum Gasteiger partial charge on any atom is 0.164 e. The van der Waals surface area contributed by atoms with E-state index in [0.29, 0.717) is 11.6 Å². The number of halogens is 2. The smallest absolute Gasteiger partial charge is 0.164 e. The molecule has 2 aromatic rings. The van der Waals surface area contributed by atoms with Crippen LogP contribution in [-0.4, -0.2) is 22.4 Å².